The Balaban J connectivity index is 2.10. The highest BCUT2D eigenvalue weighted by atomic mass is 19.4. The Bertz CT molecular complexity index is 903. The van der Waals surface area contributed by atoms with E-state index in [0.29, 0.717) is 6.07 Å². The summed E-state index contributed by atoms with van der Waals surface area (Å²) in [6, 6.07) is 3.38. The second kappa shape index (κ2) is 6.00. The van der Waals surface area contributed by atoms with Crippen LogP contribution in [0.3, 0.4) is 0 Å². The largest absolute Gasteiger partial charge is 0.417 e. The van der Waals surface area contributed by atoms with E-state index in [2.05, 4.69) is 25.5 Å². The molecule has 0 saturated heterocycles. The van der Waals surface area contributed by atoms with Crippen molar-refractivity contribution in [1.29, 1.82) is 0 Å². The average Bonchev–Trinajstić information content (AvgIpc) is 2.92. The highest BCUT2D eigenvalue weighted by Gasteiger charge is 2.36. The number of halogens is 5. The molecule has 11 heteroatoms. The minimum absolute atomic E-state index is 0.0620. The smallest absolute Gasteiger partial charge is 0.368 e. The maximum absolute atomic E-state index is 14.4. The lowest BCUT2D eigenvalue weighted by atomic mass is 9.99. The van der Waals surface area contributed by atoms with Crippen molar-refractivity contribution < 1.29 is 22.0 Å². The van der Waals surface area contributed by atoms with E-state index < -0.39 is 29.1 Å². The van der Waals surface area contributed by atoms with Crippen LogP contribution in [-0.2, 0) is 6.18 Å². The van der Waals surface area contributed by atoms with Crippen LogP contribution in [0.4, 0.5) is 39.5 Å². The highest BCUT2D eigenvalue weighted by Crippen LogP contribution is 2.40. The van der Waals surface area contributed by atoms with Crippen molar-refractivity contribution in [3.05, 3.63) is 47.8 Å². The van der Waals surface area contributed by atoms with E-state index in [9.17, 15) is 22.0 Å². The number of anilines is 3. The van der Waals surface area contributed by atoms with Crippen LogP contribution in [0.25, 0.3) is 11.1 Å². The normalized spacial score (nSPS) is 11.6. The molecule has 0 amide bonds. The Kier molecular flexibility index (Phi) is 3.99. The highest BCUT2D eigenvalue weighted by molar-refractivity contribution is 5.72. The molecule has 130 valence electrons. The summed E-state index contributed by atoms with van der Waals surface area (Å²) in [6.45, 7) is 0. The molecule has 0 aliphatic carbocycles. The summed E-state index contributed by atoms with van der Waals surface area (Å²) in [4.78, 5) is 6.92. The first-order chi connectivity index (χ1) is 11.7. The number of benzene rings is 1. The molecule has 0 fully saturated rings. The summed E-state index contributed by atoms with van der Waals surface area (Å²) in [7, 11) is 0. The number of aromatic nitrogens is 4. The number of nitrogens with zero attached hydrogens (tertiary/aromatic N) is 3. The van der Waals surface area contributed by atoms with Gasteiger partial charge in [0.05, 0.1) is 5.56 Å². The van der Waals surface area contributed by atoms with Gasteiger partial charge in [0.2, 0.25) is 17.8 Å². The lowest BCUT2D eigenvalue weighted by molar-refractivity contribution is -0.137. The van der Waals surface area contributed by atoms with Gasteiger partial charge in [-0.05, 0) is 24.3 Å². The first kappa shape index (κ1) is 16.6. The fourth-order valence-electron chi connectivity index (χ4n) is 2.18. The van der Waals surface area contributed by atoms with E-state index in [0.717, 1.165) is 24.4 Å². The molecule has 2 aromatic heterocycles. The summed E-state index contributed by atoms with van der Waals surface area (Å²) < 4.78 is 67.4. The van der Waals surface area contributed by atoms with Gasteiger partial charge in [0, 0.05) is 23.0 Å². The molecular formula is C14H9F5N6. The summed E-state index contributed by atoms with van der Waals surface area (Å²) in [5.41, 5.74) is 2.88. The quantitative estimate of drug-likeness (QED) is 0.493. The lowest BCUT2D eigenvalue weighted by Gasteiger charge is -2.16. The molecule has 0 aliphatic heterocycles. The van der Waals surface area contributed by atoms with E-state index in [-0.39, 0.29) is 23.1 Å². The van der Waals surface area contributed by atoms with E-state index >= 15 is 0 Å². The first-order valence-electron chi connectivity index (χ1n) is 6.71. The van der Waals surface area contributed by atoms with E-state index in [1.807, 2.05) is 0 Å². The predicted molar refractivity (Wildman–Crippen MR) is 78.7 cm³/mol. The van der Waals surface area contributed by atoms with Gasteiger partial charge in [-0.1, -0.05) is 0 Å². The van der Waals surface area contributed by atoms with Crippen LogP contribution >= 0.6 is 0 Å². The van der Waals surface area contributed by atoms with E-state index in [1.54, 1.807) is 0 Å². The van der Waals surface area contributed by atoms with Crippen LogP contribution in [-0.4, -0.2) is 20.2 Å². The molecule has 0 atom stereocenters. The molecule has 0 saturated carbocycles. The van der Waals surface area contributed by atoms with Gasteiger partial charge >= 0.3 is 6.18 Å². The topological polar surface area (TPSA) is 92.5 Å². The SMILES string of the molecule is Nc1nc(Nc2cc(F)c(-c3ccc(F)nc3)c(C(F)(F)F)c2)n[nH]1. The summed E-state index contributed by atoms with van der Waals surface area (Å²) in [5, 5.41) is 8.30. The van der Waals surface area contributed by atoms with Crippen LogP contribution < -0.4 is 11.1 Å². The Hall–Kier alpha value is -3.24. The molecular weight excluding hydrogens is 347 g/mol. The molecule has 4 N–H and O–H groups in total. The van der Waals surface area contributed by atoms with Crippen molar-refractivity contribution >= 4 is 17.6 Å². The van der Waals surface area contributed by atoms with Gasteiger partial charge in [0.1, 0.15) is 5.82 Å². The zero-order valence-electron chi connectivity index (χ0n) is 12.2. The molecule has 3 aromatic rings. The summed E-state index contributed by atoms with van der Waals surface area (Å²) in [5.74, 6) is -2.25. The Morgan fingerprint density at radius 2 is 1.88 bits per heavy atom. The number of rotatable bonds is 3. The zero-order chi connectivity index (χ0) is 18.2. The predicted octanol–water partition coefficient (Wildman–Crippen LogP) is 3.49. The fraction of sp³-hybridized carbons (Fsp3) is 0.0714. The molecule has 25 heavy (non-hydrogen) atoms. The minimum atomic E-state index is -4.86. The van der Waals surface area contributed by atoms with Crippen molar-refractivity contribution in [3.63, 3.8) is 0 Å². The molecule has 2 heterocycles. The average molecular weight is 356 g/mol. The first-order valence-corrected chi connectivity index (χ1v) is 6.71. The van der Waals surface area contributed by atoms with Crippen LogP contribution in [0.5, 0.6) is 0 Å². The van der Waals surface area contributed by atoms with Gasteiger partial charge in [-0.2, -0.15) is 22.5 Å². The van der Waals surface area contributed by atoms with Gasteiger partial charge in [-0.3, -0.25) is 0 Å². The molecule has 3 rings (SSSR count). The van der Waals surface area contributed by atoms with Crippen LogP contribution in [0.2, 0.25) is 0 Å². The second-order valence-corrected chi connectivity index (χ2v) is 4.92. The van der Waals surface area contributed by atoms with Crippen molar-refractivity contribution in [2.75, 3.05) is 11.1 Å². The van der Waals surface area contributed by atoms with E-state index in [1.165, 1.54) is 0 Å². The van der Waals surface area contributed by atoms with Gasteiger partial charge in [-0.25, -0.2) is 14.5 Å². The Morgan fingerprint density at radius 3 is 2.44 bits per heavy atom. The van der Waals surface area contributed by atoms with Crippen molar-refractivity contribution in [2.24, 2.45) is 0 Å². The zero-order valence-corrected chi connectivity index (χ0v) is 12.2. The molecule has 0 unspecified atom stereocenters. The maximum Gasteiger partial charge on any atom is 0.417 e. The molecule has 0 radical (unpaired) electrons. The number of hydrogen-bond donors (Lipinski definition) is 3. The number of hydrogen-bond acceptors (Lipinski definition) is 5. The number of alkyl halides is 3. The van der Waals surface area contributed by atoms with Crippen molar-refractivity contribution in [2.45, 2.75) is 6.18 Å². The third-order valence-corrected chi connectivity index (χ3v) is 3.17. The molecule has 0 spiro atoms. The van der Waals surface area contributed by atoms with Crippen LogP contribution in [0.15, 0.2) is 30.5 Å². The van der Waals surface area contributed by atoms with Gasteiger partial charge in [0.15, 0.2) is 0 Å². The standard InChI is InChI=1S/C14H9F5N6/c15-9-4-7(22-13-23-12(20)24-25-13)3-8(14(17,18)19)11(9)6-1-2-10(16)21-5-6/h1-5H,(H4,20,22,23,24,25). The van der Waals surface area contributed by atoms with E-state index in [4.69, 9.17) is 5.73 Å². The third kappa shape index (κ3) is 3.49. The second-order valence-electron chi connectivity index (χ2n) is 4.92. The molecule has 0 aliphatic rings. The van der Waals surface area contributed by atoms with Gasteiger partial charge < -0.3 is 11.1 Å². The monoisotopic (exact) mass is 356 g/mol. The summed E-state index contributed by atoms with van der Waals surface area (Å²) in [6.07, 6.45) is -4.04. The number of nitrogens with one attached hydrogen (secondary N) is 2. The maximum atomic E-state index is 14.4. The molecule has 0 bridgehead atoms. The van der Waals surface area contributed by atoms with Crippen LogP contribution in [0, 0.1) is 11.8 Å². The lowest BCUT2D eigenvalue weighted by Crippen LogP contribution is -2.10. The van der Waals surface area contributed by atoms with Crippen LogP contribution in [0.1, 0.15) is 5.56 Å². The number of nitrogens with two attached hydrogens (primary N) is 1. The number of H-pyrrole nitrogens is 1. The molecule has 1 aromatic carbocycles. The Labute approximate surface area is 136 Å². The number of pyridine rings is 1. The minimum Gasteiger partial charge on any atom is -0.368 e. The fourth-order valence-corrected chi connectivity index (χ4v) is 2.18. The number of nitrogen functional groups attached to an aromatic ring is 1. The molecule has 6 nitrogen and oxygen atoms in total. The third-order valence-electron chi connectivity index (χ3n) is 3.17. The summed E-state index contributed by atoms with van der Waals surface area (Å²) >= 11 is 0. The Morgan fingerprint density at radius 1 is 1.12 bits per heavy atom. The van der Waals surface area contributed by atoms with Crippen molar-refractivity contribution in [1.82, 2.24) is 20.2 Å². The number of aromatic amines is 1. The van der Waals surface area contributed by atoms with Gasteiger partial charge in [-0.15, -0.1) is 5.10 Å². The van der Waals surface area contributed by atoms with Gasteiger partial charge in [0.25, 0.3) is 0 Å². The van der Waals surface area contributed by atoms with Crippen molar-refractivity contribution in [3.8, 4) is 11.1 Å².